The van der Waals surface area contributed by atoms with Gasteiger partial charge < -0.3 is 20.1 Å². The van der Waals surface area contributed by atoms with Crippen LogP contribution in [0.2, 0.25) is 0 Å². The van der Waals surface area contributed by atoms with Crippen molar-refractivity contribution in [2.24, 2.45) is 0 Å². The Morgan fingerprint density at radius 1 is 0.926 bits per heavy atom. The quantitative estimate of drug-likeness (QED) is 0.679. The van der Waals surface area contributed by atoms with E-state index in [1.807, 2.05) is 43.3 Å². The standard InChI is InChI=1S/C21H21N3O3/c1-14-4-6-15(7-5-14)24-21(25)19-12-16(10-11-22-19)23-18-9-8-17(26-2)13-20(18)27-3/h4-13H,1-3H3,(H,22,23)(H,24,25). The van der Waals surface area contributed by atoms with Crippen LogP contribution in [0.1, 0.15) is 16.1 Å². The van der Waals surface area contributed by atoms with E-state index in [2.05, 4.69) is 15.6 Å². The normalized spacial score (nSPS) is 10.2. The lowest BCUT2D eigenvalue weighted by Crippen LogP contribution is -2.13. The van der Waals surface area contributed by atoms with Crippen LogP contribution in [0.5, 0.6) is 11.5 Å². The minimum Gasteiger partial charge on any atom is -0.497 e. The van der Waals surface area contributed by atoms with Gasteiger partial charge >= 0.3 is 0 Å². The number of benzene rings is 2. The first kappa shape index (κ1) is 18.3. The van der Waals surface area contributed by atoms with Crippen molar-refractivity contribution < 1.29 is 14.3 Å². The van der Waals surface area contributed by atoms with Crippen molar-refractivity contribution in [1.29, 1.82) is 0 Å². The molecule has 0 spiro atoms. The second-order valence-corrected chi connectivity index (χ2v) is 5.94. The molecule has 0 bridgehead atoms. The van der Waals surface area contributed by atoms with Crippen LogP contribution in [0.4, 0.5) is 17.1 Å². The summed E-state index contributed by atoms with van der Waals surface area (Å²) in [6, 6.07) is 16.5. The fourth-order valence-corrected chi connectivity index (χ4v) is 2.52. The van der Waals surface area contributed by atoms with Gasteiger partial charge in [-0.2, -0.15) is 0 Å². The molecular formula is C21H21N3O3. The molecule has 0 aliphatic rings. The zero-order chi connectivity index (χ0) is 19.2. The molecule has 0 atom stereocenters. The van der Waals surface area contributed by atoms with Gasteiger partial charge in [0.05, 0.1) is 19.9 Å². The monoisotopic (exact) mass is 363 g/mol. The summed E-state index contributed by atoms with van der Waals surface area (Å²) in [6.45, 7) is 2.00. The zero-order valence-electron chi connectivity index (χ0n) is 15.4. The van der Waals surface area contributed by atoms with E-state index < -0.39 is 0 Å². The van der Waals surface area contributed by atoms with E-state index in [-0.39, 0.29) is 5.91 Å². The zero-order valence-corrected chi connectivity index (χ0v) is 15.4. The molecule has 0 unspecified atom stereocenters. The number of carbonyl (C=O) groups is 1. The minimum atomic E-state index is -0.274. The first-order valence-electron chi connectivity index (χ1n) is 8.42. The molecular weight excluding hydrogens is 342 g/mol. The molecule has 0 saturated heterocycles. The number of methoxy groups -OCH3 is 2. The first-order valence-corrected chi connectivity index (χ1v) is 8.42. The Kier molecular flexibility index (Phi) is 5.56. The predicted molar refractivity (Wildman–Crippen MR) is 106 cm³/mol. The number of rotatable bonds is 6. The summed E-state index contributed by atoms with van der Waals surface area (Å²) in [5, 5.41) is 6.08. The smallest absolute Gasteiger partial charge is 0.274 e. The Hall–Kier alpha value is -3.54. The first-order chi connectivity index (χ1) is 13.1. The molecule has 0 fully saturated rings. The largest absolute Gasteiger partial charge is 0.497 e. The van der Waals surface area contributed by atoms with Gasteiger partial charge in [-0.3, -0.25) is 9.78 Å². The van der Waals surface area contributed by atoms with Crippen molar-refractivity contribution in [3.05, 3.63) is 72.1 Å². The molecule has 2 N–H and O–H groups in total. The number of aromatic nitrogens is 1. The van der Waals surface area contributed by atoms with Crippen molar-refractivity contribution in [2.45, 2.75) is 6.92 Å². The highest BCUT2D eigenvalue weighted by molar-refractivity contribution is 6.03. The fourth-order valence-electron chi connectivity index (χ4n) is 2.52. The molecule has 27 heavy (non-hydrogen) atoms. The molecule has 6 heteroatoms. The van der Waals surface area contributed by atoms with E-state index in [1.54, 1.807) is 38.6 Å². The predicted octanol–water partition coefficient (Wildman–Crippen LogP) is 4.40. The van der Waals surface area contributed by atoms with Gasteiger partial charge in [-0.25, -0.2) is 0 Å². The van der Waals surface area contributed by atoms with Crippen LogP contribution < -0.4 is 20.1 Å². The third-order valence-corrected chi connectivity index (χ3v) is 3.99. The summed E-state index contributed by atoms with van der Waals surface area (Å²) in [4.78, 5) is 16.6. The molecule has 0 radical (unpaired) electrons. The Bertz CT molecular complexity index is 940. The number of carbonyl (C=O) groups excluding carboxylic acids is 1. The number of nitrogens with zero attached hydrogens (tertiary/aromatic N) is 1. The second kappa shape index (κ2) is 8.23. The molecule has 0 aliphatic carbocycles. The van der Waals surface area contributed by atoms with Crippen molar-refractivity contribution in [3.8, 4) is 11.5 Å². The molecule has 0 saturated carbocycles. The summed E-state index contributed by atoms with van der Waals surface area (Å²) in [5.74, 6) is 1.06. The highest BCUT2D eigenvalue weighted by Crippen LogP contribution is 2.31. The van der Waals surface area contributed by atoms with Crippen molar-refractivity contribution >= 4 is 23.0 Å². The third kappa shape index (κ3) is 4.55. The highest BCUT2D eigenvalue weighted by atomic mass is 16.5. The molecule has 3 rings (SSSR count). The van der Waals surface area contributed by atoms with E-state index in [0.29, 0.717) is 17.2 Å². The Morgan fingerprint density at radius 3 is 2.41 bits per heavy atom. The number of hydrogen-bond donors (Lipinski definition) is 2. The molecule has 2 aromatic carbocycles. The number of aryl methyl sites for hydroxylation is 1. The number of amides is 1. The van der Waals surface area contributed by atoms with Gasteiger partial charge in [0.1, 0.15) is 17.2 Å². The number of anilines is 3. The maximum Gasteiger partial charge on any atom is 0.274 e. The van der Waals surface area contributed by atoms with Gasteiger partial charge in [-0.15, -0.1) is 0 Å². The number of nitrogens with one attached hydrogen (secondary N) is 2. The van der Waals surface area contributed by atoms with E-state index in [9.17, 15) is 4.79 Å². The van der Waals surface area contributed by atoms with Gasteiger partial charge in [0.2, 0.25) is 0 Å². The number of ether oxygens (including phenoxy) is 2. The Morgan fingerprint density at radius 2 is 1.70 bits per heavy atom. The lowest BCUT2D eigenvalue weighted by Gasteiger charge is -2.13. The average Bonchev–Trinajstić information content (AvgIpc) is 2.70. The average molecular weight is 363 g/mol. The lowest BCUT2D eigenvalue weighted by atomic mass is 10.2. The van der Waals surface area contributed by atoms with Crippen molar-refractivity contribution in [1.82, 2.24) is 4.98 Å². The van der Waals surface area contributed by atoms with Crippen LogP contribution in [-0.4, -0.2) is 25.1 Å². The Labute approximate surface area is 158 Å². The summed E-state index contributed by atoms with van der Waals surface area (Å²) in [7, 11) is 3.19. The third-order valence-electron chi connectivity index (χ3n) is 3.99. The van der Waals surface area contributed by atoms with Crippen LogP contribution in [0, 0.1) is 6.92 Å². The topological polar surface area (TPSA) is 72.5 Å². The maximum atomic E-state index is 12.5. The second-order valence-electron chi connectivity index (χ2n) is 5.94. The summed E-state index contributed by atoms with van der Waals surface area (Å²) in [6.07, 6.45) is 1.59. The Balaban J connectivity index is 1.77. The van der Waals surface area contributed by atoms with Crippen LogP contribution >= 0.6 is 0 Å². The summed E-state index contributed by atoms with van der Waals surface area (Å²) in [5.41, 5.74) is 3.65. The van der Waals surface area contributed by atoms with Gasteiger partial charge in [-0.1, -0.05) is 17.7 Å². The molecule has 6 nitrogen and oxygen atoms in total. The minimum absolute atomic E-state index is 0.274. The molecule has 0 aliphatic heterocycles. The lowest BCUT2D eigenvalue weighted by molar-refractivity contribution is 0.102. The fraction of sp³-hybridized carbons (Fsp3) is 0.143. The highest BCUT2D eigenvalue weighted by Gasteiger charge is 2.10. The maximum absolute atomic E-state index is 12.5. The van der Waals surface area contributed by atoms with Gasteiger partial charge in [-0.05, 0) is 43.3 Å². The van der Waals surface area contributed by atoms with Crippen LogP contribution in [0.15, 0.2) is 60.8 Å². The van der Waals surface area contributed by atoms with Crippen molar-refractivity contribution in [3.63, 3.8) is 0 Å². The van der Waals surface area contributed by atoms with Crippen LogP contribution in [0.3, 0.4) is 0 Å². The van der Waals surface area contributed by atoms with E-state index in [1.165, 1.54) is 0 Å². The number of hydrogen-bond acceptors (Lipinski definition) is 5. The summed E-state index contributed by atoms with van der Waals surface area (Å²) >= 11 is 0. The van der Waals surface area contributed by atoms with Crippen LogP contribution in [0.25, 0.3) is 0 Å². The van der Waals surface area contributed by atoms with E-state index in [4.69, 9.17) is 9.47 Å². The van der Waals surface area contributed by atoms with Crippen LogP contribution in [-0.2, 0) is 0 Å². The van der Waals surface area contributed by atoms with E-state index in [0.717, 1.165) is 22.6 Å². The van der Waals surface area contributed by atoms with Gasteiger partial charge in [0, 0.05) is 23.6 Å². The molecule has 1 heterocycles. The molecule has 3 aromatic rings. The molecule has 1 aromatic heterocycles. The number of pyridine rings is 1. The molecule has 138 valence electrons. The van der Waals surface area contributed by atoms with Gasteiger partial charge in [0.15, 0.2) is 0 Å². The van der Waals surface area contributed by atoms with Crippen molar-refractivity contribution in [2.75, 3.05) is 24.9 Å². The molecule has 1 amide bonds. The van der Waals surface area contributed by atoms with E-state index >= 15 is 0 Å². The SMILES string of the molecule is COc1ccc(Nc2ccnc(C(=O)Nc3ccc(C)cc3)c2)c(OC)c1. The summed E-state index contributed by atoms with van der Waals surface area (Å²) < 4.78 is 10.6. The van der Waals surface area contributed by atoms with Gasteiger partial charge in [0.25, 0.3) is 5.91 Å².